The molecule has 0 unspecified atom stereocenters. The van der Waals surface area contributed by atoms with Gasteiger partial charge in [0.05, 0.1) is 11.8 Å². The first-order valence-corrected chi connectivity index (χ1v) is 8.81. The average Bonchev–Trinajstić information content (AvgIpc) is 2.69. The van der Waals surface area contributed by atoms with Crippen molar-refractivity contribution >= 4 is 29.2 Å². The molecular weight excluding hydrogens is 364 g/mol. The van der Waals surface area contributed by atoms with Crippen molar-refractivity contribution in [1.82, 2.24) is 9.78 Å². The second kappa shape index (κ2) is 8.51. The van der Waals surface area contributed by atoms with E-state index in [4.69, 9.17) is 16.4 Å². The van der Waals surface area contributed by atoms with Gasteiger partial charge in [-0.25, -0.2) is 4.68 Å². The van der Waals surface area contributed by atoms with E-state index in [1.807, 2.05) is 49.4 Å². The molecule has 0 spiro atoms. The molecule has 0 saturated carbocycles. The third-order valence-corrected chi connectivity index (χ3v) is 4.16. The van der Waals surface area contributed by atoms with Gasteiger partial charge in [-0.2, -0.15) is 5.10 Å². The Hall–Kier alpha value is -3.12. The SMILES string of the molecule is CCn1nc(-c2ccccc2)c(C=NOC)c(Nc2cccc(Cl)c2)c1=O. The van der Waals surface area contributed by atoms with Crippen LogP contribution in [0.3, 0.4) is 0 Å². The van der Waals surface area contributed by atoms with E-state index in [0.29, 0.717) is 34.2 Å². The first kappa shape index (κ1) is 18.7. The molecule has 3 aromatic rings. The number of nitrogens with one attached hydrogen (secondary N) is 1. The van der Waals surface area contributed by atoms with Gasteiger partial charge in [0, 0.05) is 22.8 Å². The van der Waals surface area contributed by atoms with Crippen LogP contribution in [0.15, 0.2) is 64.5 Å². The third kappa shape index (κ3) is 4.17. The van der Waals surface area contributed by atoms with Crippen LogP contribution in [0.2, 0.25) is 5.02 Å². The molecule has 0 saturated heterocycles. The number of benzene rings is 2. The molecule has 2 aromatic carbocycles. The van der Waals surface area contributed by atoms with E-state index >= 15 is 0 Å². The normalized spacial score (nSPS) is 10.9. The second-order valence-corrected chi connectivity index (χ2v) is 6.11. The van der Waals surface area contributed by atoms with E-state index in [1.165, 1.54) is 18.0 Å². The van der Waals surface area contributed by atoms with Crippen LogP contribution in [-0.2, 0) is 11.4 Å². The monoisotopic (exact) mass is 382 g/mol. The van der Waals surface area contributed by atoms with Crippen molar-refractivity contribution in [3.63, 3.8) is 0 Å². The van der Waals surface area contributed by atoms with E-state index in [-0.39, 0.29) is 5.56 Å². The topological polar surface area (TPSA) is 68.5 Å². The molecule has 0 aliphatic rings. The van der Waals surface area contributed by atoms with Gasteiger partial charge in [0.15, 0.2) is 0 Å². The first-order chi connectivity index (χ1) is 13.1. The number of aryl methyl sites for hydroxylation is 1. The number of halogens is 1. The maximum absolute atomic E-state index is 13.0. The zero-order valence-electron chi connectivity index (χ0n) is 15.0. The number of nitrogens with zero attached hydrogens (tertiary/aromatic N) is 3. The Morgan fingerprint density at radius 3 is 2.67 bits per heavy atom. The van der Waals surface area contributed by atoms with Crippen molar-refractivity contribution in [3.05, 3.63) is 75.5 Å². The summed E-state index contributed by atoms with van der Waals surface area (Å²) in [5, 5.41) is 12.1. The van der Waals surface area contributed by atoms with Gasteiger partial charge in [0.25, 0.3) is 5.56 Å². The maximum atomic E-state index is 13.0. The van der Waals surface area contributed by atoms with Gasteiger partial charge < -0.3 is 10.2 Å². The highest BCUT2D eigenvalue weighted by molar-refractivity contribution is 6.30. The summed E-state index contributed by atoms with van der Waals surface area (Å²) in [6.45, 7) is 2.31. The molecule has 27 heavy (non-hydrogen) atoms. The highest BCUT2D eigenvalue weighted by Crippen LogP contribution is 2.26. The average molecular weight is 383 g/mol. The Bertz CT molecular complexity index is 1020. The predicted molar refractivity (Wildman–Crippen MR) is 109 cm³/mol. The molecule has 1 N–H and O–H groups in total. The predicted octanol–water partition coefficient (Wildman–Crippen LogP) is 4.31. The fourth-order valence-electron chi connectivity index (χ4n) is 2.67. The van der Waals surface area contributed by atoms with Crippen LogP contribution >= 0.6 is 11.6 Å². The van der Waals surface area contributed by atoms with Crippen molar-refractivity contribution in [3.8, 4) is 11.3 Å². The molecule has 3 rings (SSSR count). The lowest BCUT2D eigenvalue weighted by molar-refractivity contribution is 0.215. The Morgan fingerprint density at radius 2 is 2.00 bits per heavy atom. The van der Waals surface area contributed by atoms with E-state index in [1.54, 1.807) is 12.1 Å². The summed E-state index contributed by atoms with van der Waals surface area (Å²) in [5.74, 6) is 0. The lowest BCUT2D eigenvalue weighted by atomic mass is 10.1. The molecule has 0 amide bonds. The Labute approximate surface area is 162 Å². The summed E-state index contributed by atoms with van der Waals surface area (Å²) >= 11 is 6.08. The van der Waals surface area contributed by atoms with Crippen molar-refractivity contribution < 1.29 is 4.84 Å². The van der Waals surface area contributed by atoms with Gasteiger partial charge >= 0.3 is 0 Å². The molecule has 0 bridgehead atoms. The summed E-state index contributed by atoms with van der Waals surface area (Å²) in [6.07, 6.45) is 1.49. The Balaban J connectivity index is 2.25. The molecule has 1 aromatic heterocycles. The molecule has 0 atom stereocenters. The highest BCUT2D eigenvalue weighted by atomic mass is 35.5. The van der Waals surface area contributed by atoms with Crippen LogP contribution in [0.4, 0.5) is 11.4 Å². The Morgan fingerprint density at radius 1 is 1.22 bits per heavy atom. The molecule has 0 aliphatic heterocycles. The van der Waals surface area contributed by atoms with Crippen LogP contribution in [0.1, 0.15) is 12.5 Å². The standard InChI is InChI=1S/C20H19ClN4O2/c1-3-25-20(26)19(23-16-11-7-10-15(21)12-16)17(13-22-27-2)18(24-25)14-8-5-4-6-9-14/h4-13,23H,3H2,1-2H3. The van der Waals surface area contributed by atoms with E-state index in [2.05, 4.69) is 15.6 Å². The quantitative estimate of drug-likeness (QED) is 0.509. The summed E-state index contributed by atoms with van der Waals surface area (Å²) in [6, 6.07) is 16.8. The van der Waals surface area contributed by atoms with Crippen LogP contribution in [0.5, 0.6) is 0 Å². The number of hydrogen-bond acceptors (Lipinski definition) is 5. The minimum absolute atomic E-state index is 0.255. The molecule has 0 fully saturated rings. The van der Waals surface area contributed by atoms with Gasteiger partial charge in [-0.05, 0) is 25.1 Å². The van der Waals surface area contributed by atoms with Crippen LogP contribution < -0.4 is 10.9 Å². The largest absolute Gasteiger partial charge is 0.399 e. The summed E-state index contributed by atoms with van der Waals surface area (Å²) < 4.78 is 1.42. The second-order valence-electron chi connectivity index (χ2n) is 5.68. The summed E-state index contributed by atoms with van der Waals surface area (Å²) in [7, 11) is 1.45. The highest BCUT2D eigenvalue weighted by Gasteiger charge is 2.18. The van der Waals surface area contributed by atoms with Gasteiger partial charge in [-0.1, -0.05) is 53.2 Å². The van der Waals surface area contributed by atoms with Crippen molar-refractivity contribution in [2.75, 3.05) is 12.4 Å². The van der Waals surface area contributed by atoms with Crippen LogP contribution in [0.25, 0.3) is 11.3 Å². The van der Waals surface area contributed by atoms with Crippen molar-refractivity contribution in [1.29, 1.82) is 0 Å². The number of hydrogen-bond donors (Lipinski definition) is 1. The summed E-state index contributed by atoms with van der Waals surface area (Å²) in [5.41, 5.74) is 2.83. The molecule has 138 valence electrons. The molecular formula is C20H19ClN4O2. The molecule has 0 aliphatic carbocycles. The molecule has 7 heteroatoms. The third-order valence-electron chi connectivity index (χ3n) is 3.92. The van der Waals surface area contributed by atoms with Gasteiger partial charge in [-0.15, -0.1) is 0 Å². The first-order valence-electron chi connectivity index (χ1n) is 8.43. The van der Waals surface area contributed by atoms with E-state index < -0.39 is 0 Å². The lowest BCUT2D eigenvalue weighted by Gasteiger charge is -2.15. The van der Waals surface area contributed by atoms with Crippen molar-refractivity contribution in [2.45, 2.75) is 13.5 Å². The Kier molecular flexibility index (Phi) is 5.88. The molecule has 6 nitrogen and oxygen atoms in total. The van der Waals surface area contributed by atoms with Crippen LogP contribution in [0, 0.1) is 0 Å². The number of rotatable bonds is 6. The fraction of sp³-hybridized carbons (Fsp3) is 0.150. The fourth-order valence-corrected chi connectivity index (χ4v) is 2.86. The van der Waals surface area contributed by atoms with Gasteiger partial charge in [0.2, 0.25) is 0 Å². The molecule has 0 radical (unpaired) electrons. The van der Waals surface area contributed by atoms with E-state index in [9.17, 15) is 4.79 Å². The maximum Gasteiger partial charge on any atom is 0.291 e. The zero-order valence-corrected chi connectivity index (χ0v) is 15.8. The lowest BCUT2D eigenvalue weighted by Crippen LogP contribution is -2.27. The number of aromatic nitrogens is 2. The van der Waals surface area contributed by atoms with E-state index in [0.717, 1.165) is 5.56 Å². The van der Waals surface area contributed by atoms with Gasteiger partial charge in [0.1, 0.15) is 18.5 Å². The minimum Gasteiger partial charge on any atom is -0.399 e. The smallest absolute Gasteiger partial charge is 0.291 e. The summed E-state index contributed by atoms with van der Waals surface area (Å²) in [4.78, 5) is 17.8. The number of oxime groups is 1. The van der Waals surface area contributed by atoms with Crippen LogP contribution in [-0.4, -0.2) is 23.1 Å². The minimum atomic E-state index is -0.255. The van der Waals surface area contributed by atoms with Crippen molar-refractivity contribution in [2.24, 2.45) is 5.16 Å². The number of anilines is 2. The van der Waals surface area contributed by atoms with Gasteiger partial charge in [-0.3, -0.25) is 4.79 Å². The molecule has 1 heterocycles. The zero-order chi connectivity index (χ0) is 19.2.